The van der Waals surface area contributed by atoms with Gasteiger partial charge in [0.25, 0.3) is 0 Å². The van der Waals surface area contributed by atoms with Crippen LogP contribution in [0.1, 0.15) is 25.6 Å². The highest BCUT2D eigenvalue weighted by atomic mass is 16.1. The number of nitrogens with one attached hydrogen (secondary N) is 2. The van der Waals surface area contributed by atoms with Gasteiger partial charge in [-0.1, -0.05) is 19.9 Å². The molecule has 0 radical (unpaired) electrons. The topological polar surface area (TPSA) is 74.4 Å². The van der Waals surface area contributed by atoms with Gasteiger partial charge in [0.1, 0.15) is 5.82 Å². The van der Waals surface area contributed by atoms with Gasteiger partial charge in [0.2, 0.25) is 5.56 Å². The first-order chi connectivity index (χ1) is 7.16. The Labute approximate surface area is 86.6 Å². The molecule has 0 amide bonds. The number of aromatic nitrogens is 4. The lowest BCUT2D eigenvalue weighted by Gasteiger charge is -1.95. The lowest BCUT2D eigenvalue weighted by molar-refractivity contribution is 0.781. The van der Waals surface area contributed by atoms with Crippen molar-refractivity contribution in [1.29, 1.82) is 0 Å². The van der Waals surface area contributed by atoms with Crippen LogP contribution in [-0.2, 0) is 0 Å². The summed E-state index contributed by atoms with van der Waals surface area (Å²) in [5.74, 6) is 1.63. The van der Waals surface area contributed by atoms with Crippen molar-refractivity contribution in [3.8, 4) is 11.5 Å². The van der Waals surface area contributed by atoms with E-state index >= 15 is 0 Å². The van der Waals surface area contributed by atoms with Gasteiger partial charge >= 0.3 is 0 Å². The van der Waals surface area contributed by atoms with Crippen LogP contribution in [0.5, 0.6) is 0 Å². The van der Waals surface area contributed by atoms with Crippen molar-refractivity contribution in [1.82, 2.24) is 20.2 Å². The number of rotatable bonds is 2. The normalized spacial score (nSPS) is 10.9. The molecule has 0 unspecified atom stereocenters. The van der Waals surface area contributed by atoms with Crippen LogP contribution in [0.25, 0.3) is 11.5 Å². The molecule has 0 aliphatic heterocycles. The molecule has 2 aromatic rings. The predicted molar refractivity (Wildman–Crippen MR) is 56.5 cm³/mol. The number of nitrogens with zero attached hydrogens (tertiary/aromatic N) is 2. The highest BCUT2D eigenvalue weighted by Gasteiger charge is 2.08. The van der Waals surface area contributed by atoms with Crippen molar-refractivity contribution in [2.75, 3.05) is 0 Å². The maximum Gasteiger partial charge on any atom is 0.248 e. The monoisotopic (exact) mass is 204 g/mol. The fourth-order valence-corrected chi connectivity index (χ4v) is 1.23. The molecule has 0 spiro atoms. The lowest BCUT2D eigenvalue weighted by Crippen LogP contribution is -2.04. The average molecular weight is 204 g/mol. The molecule has 0 atom stereocenters. The Morgan fingerprint density at radius 2 is 2.13 bits per heavy atom. The van der Waals surface area contributed by atoms with Gasteiger partial charge < -0.3 is 4.98 Å². The molecule has 2 heterocycles. The SMILES string of the molecule is CC(C)c1nc(-c2cccc(=O)[nH]2)n[nH]1. The maximum absolute atomic E-state index is 11.1. The van der Waals surface area contributed by atoms with Gasteiger partial charge in [0, 0.05) is 12.0 Å². The Balaban J connectivity index is 2.41. The Morgan fingerprint density at radius 1 is 1.33 bits per heavy atom. The molecule has 5 heteroatoms. The van der Waals surface area contributed by atoms with E-state index in [0.29, 0.717) is 17.4 Å². The number of aromatic amines is 2. The van der Waals surface area contributed by atoms with E-state index in [1.165, 1.54) is 6.07 Å². The number of hydrogen-bond donors (Lipinski definition) is 2. The Kier molecular flexibility index (Phi) is 2.37. The number of hydrogen-bond acceptors (Lipinski definition) is 3. The van der Waals surface area contributed by atoms with Crippen LogP contribution in [0.15, 0.2) is 23.0 Å². The zero-order chi connectivity index (χ0) is 10.8. The van der Waals surface area contributed by atoms with Crippen LogP contribution in [0.2, 0.25) is 0 Å². The van der Waals surface area contributed by atoms with Crippen LogP contribution in [-0.4, -0.2) is 20.2 Å². The molecule has 0 saturated carbocycles. The van der Waals surface area contributed by atoms with E-state index in [1.807, 2.05) is 13.8 Å². The maximum atomic E-state index is 11.1. The van der Waals surface area contributed by atoms with Crippen LogP contribution in [0.3, 0.4) is 0 Å². The molecule has 2 rings (SSSR count). The quantitative estimate of drug-likeness (QED) is 0.773. The second-order valence-electron chi connectivity index (χ2n) is 3.63. The Morgan fingerprint density at radius 3 is 2.73 bits per heavy atom. The summed E-state index contributed by atoms with van der Waals surface area (Å²) in [5, 5.41) is 6.88. The van der Waals surface area contributed by atoms with Crippen molar-refractivity contribution < 1.29 is 0 Å². The van der Waals surface area contributed by atoms with Gasteiger partial charge in [0.15, 0.2) is 5.82 Å². The van der Waals surface area contributed by atoms with Crippen LogP contribution < -0.4 is 5.56 Å². The third-order valence-electron chi connectivity index (χ3n) is 2.06. The molecule has 0 aromatic carbocycles. The molecule has 5 nitrogen and oxygen atoms in total. The molecular formula is C10H12N4O. The number of H-pyrrole nitrogens is 2. The van der Waals surface area contributed by atoms with Crippen molar-refractivity contribution in [2.24, 2.45) is 0 Å². The number of pyridine rings is 1. The summed E-state index contributed by atoms with van der Waals surface area (Å²) in [6.07, 6.45) is 0. The predicted octanol–water partition coefficient (Wildman–Crippen LogP) is 1.28. The summed E-state index contributed by atoms with van der Waals surface area (Å²) in [6.45, 7) is 4.05. The van der Waals surface area contributed by atoms with Gasteiger partial charge in [0.05, 0.1) is 5.69 Å². The van der Waals surface area contributed by atoms with Crippen molar-refractivity contribution >= 4 is 0 Å². The molecule has 0 aliphatic carbocycles. The molecule has 0 saturated heterocycles. The standard InChI is InChI=1S/C10H12N4O/c1-6(2)9-12-10(14-13-9)7-4-3-5-8(15)11-7/h3-6H,1-2H3,(H,11,15)(H,12,13,14). The summed E-state index contributed by atoms with van der Waals surface area (Å²) >= 11 is 0. The molecule has 0 fully saturated rings. The first kappa shape index (κ1) is 9.64. The van der Waals surface area contributed by atoms with E-state index in [4.69, 9.17) is 0 Å². The Hall–Kier alpha value is -1.91. The van der Waals surface area contributed by atoms with Crippen molar-refractivity contribution in [2.45, 2.75) is 19.8 Å². The minimum Gasteiger partial charge on any atom is -0.319 e. The third-order valence-corrected chi connectivity index (χ3v) is 2.06. The second-order valence-corrected chi connectivity index (χ2v) is 3.63. The van der Waals surface area contributed by atoms with Gasteiger partial charge in [-0.25, -0.2) is 4.98 Å². The molecule has 0 aliphatic rings. The molecular weight excluding hydrogens is 192 g/mol. The summed E-state index contributed by atoms with van der Waals surface area (Å²) in [4.78, 5) is 18.0. The summed E-state index contributed by atoms with van der Waals surface area (Å²) in [5.41, 5.74) is 0.481. The van der Waals surface area contributed by atoms with E-state index < -0.39 is 0 Å². The zero-order valence-corrected chi connectivity index (χ0v) is 8.61. The van der Waals surface area contributed by atoms with Gasteiger partial charge in [-0.05, 0) is 6.07 Å². The highest BCUT2D eigenvalue weighted by Crippen LogP contribution is 2.13. The van der Waals surface area contributed by atoms with E-state index in [2.05, 4.69) is 20.2 Å². The van der Waals surface area contributed by atoms with Crippen molar-refractivity contribution in [3.63, 3.8) is 0 Å². The van der Waals surface area contributed by atoms with E-state index in [1.54, 1.807) is 12.1 Å². The van der Waals surface area contributed by atoms with Crippen LogP contribution in [0.4, 0.5) is 0 Å². The smallest absolute Gasteiger partial charge is 0.248 e. The van der Waals surface area contributed by atoms with Gasteiger partial charge in [-0.3, -0.25) is 9.89 Å². The minimum absolute atomic E-state index is 0.150. The lowest BCUT2D eigenvalue weighted by atomic mass is 10.2. The van der Waals surface area contributed by atoms with E-state index in [9.17, 15) is 4.79 Å². The molecule has 2 N–H and O–H groups in total. The van der Waals surface area contributed by atoms with E-state index in [0.717, 1.165) is 5.82 Å². The van der Waals surface area contributed by atoms with Crippen LogP contribution >= 0.6 is 0 Å². The van der Waals surface area contributed by atoms with Gasteiger partial charge in [-0.2, -0.15) is 5.10 Å². The molecule has 2 aromatic heterocycles. The molecule has 15 heavy (non-hydrogen) atoms. The average Bonchev–Trinajstić information content (AvgIpc) is 2.66. The Bertz CT molecular complexity index is 512. The first-order valence-electron chi connectivity index (χ1n) is 4.79. The fraction of sp³-hybridized carbons (Fsp3) is 0.300. The second kappa shape index (κ2) is 3.68. The third kappa shape index (κ3) is 1.96. The molecule has 78 valence electrons. The van der Waals surface area contributed by atoms with Gasteiger partial charge in [-0.15, -0.1) is 0 Å². The van der Waals surface area contributed by atoms with Crippen LogP contribution in [0, 0.1) is 0 Å². The molecule has 0 bridgehead atoms. The highest BCUT2D eigenvalue weighted by molar-refractivity contribution is 5.47. The van der Waals surface area contributed by atoms with E-state index in [-0.39, 0.29) is 5.56 Å². The van der Waals surface area contributed by atoms with Crippen molar-refractivity contribution in [3.05, 3.63) is 34.4 Å². The summed E-state index contributed by atoms with van der Waals surface area (Å²) in [7, 11) is 0. The minimum atomic E-state index is -0.150. The zero-order valence-electron chi connectivity index (χ0n) is 8.61. The largest absolute Gasteiger partial charge is 0.319 e. The first-order valence-corrected chi connectivity index (χ1v) is 4.79. The summed E-state index contributed by atoms with van der Waals surface area (Å²) < 4.78 is 0. The summed E-state index contributed by atoms with van der Waals surface area (Å²) in [6, 6.07) is 4.91. The fourth-order valence-electron chi connectivity index (χ4n) is 1.23.